The van der Waals surface area contributed by atoms with Crippen molar-refractivity contribution in [1.29, 1.82) is 0 Å². The number of nitrogens with one attached hydrogen (secondary N) is 1. The van der Waals surface area contributed by atoms with Crippen molar-refractivity contribution in [1.82, 2.24) is 4.90 Å². The van der Waals surface area contributed by atoms with Crippen LogP contribution in [0.4, 0.5) is 17.1 Å². The summed E-state index contributed by atoms with van der Waals surface area (Å²) < 4.78 is 0. The maximum absolute atomic E-state index is 12.8. The molecule has 0 aromatic heterocycles. The summed E-state index contributed by atoms with van der Waals surface area (Å²) in [4.78, 5) is 39.2. The number of carbonyl (C=O) groups excluding carboxylic acids is 2. The van der Waals surface area contributed by atoms with Gasteiger partial charge in [-0.3, -0.25) is 19.7 Å². The number of rotatable bonds is 6. The van der Waals surface area contributed by atoms with Crippen molar-refractivity contribution in [3.8, 4) is 0 Å². The summed E-state index contributed by atoms with van der Waals surface area (Å²) in [6.07, 6.45) is 2.96. The molecule has 0 radical (unpaired) electrons. The van der Waals surface area contributed by atoms with Crippen LogP contribution in [0.25, 0.3) is 6.08 Å². The molecule has 3 aromatic rings. The number of nitro groups is 1. The zero-order valence-corrected chi connectivity index (χ0v) is 20.6. The van der Waals surface area contributed by atoms with Crippen molar-refractivity contribution in [2.45, 2.75) is 0 Å². The number of nitrogens with zero attached hydrogens (tertiary/aromatic N) is 3. The minimum Gasteiger partial charge on any atom is -0.368 e. The second-order valence-electron chi connectivity index (χ2n) is 8.16. The van der Waals surface area contributed by atoms with Gasteiger partial charge in [-0.1, -0.05) is 23.2 Å². The minimum absolute atomic E-state index is 0.00396. The zero-order valence-electron chi connectivity index (χ0n) is 19.1. The van der Waals surface area contributed by atoms with E-state index < -0.39 is 4.92 Å². The van der Waals surface area contributed by atoms with Crippen molar-refractivity contribution in [2.24, 2.45) is 0 Å². The van der Waals surface area contributed by atoms with E-state index in [2.05, 4.69) is 10.2 Å². The van der Waals surface area contributed by atoms with Crippen LogP contribution < -0.4 is 10.2 Å². The molecule has 0 aliphatic carbocycles. The highest BCUT2D eigenvalue weighted by atomic mass is 35.5. The lowest BCUT2D eigenvalue weighted by Crippen LogP contribution is -2.48. The Morgan fingerprint density at radius 2 is 1.50 bits per heavy atom. The third kappa shape index (κ3) is 6.41. The Balaban J connectivity index is 1.29. The molecule has 4 rings (SSSR count). The molecular formula is C26H22Cl2N4O4. The van der Waals surface area contributed by atoms with E-state index in [1.807, 2.05) is 24.3 Å². The number of piperazine rings is 1. The van der Waals surface area contributed by atoms with Crippen LogP contribution in [0.2, 0.25) is 10.0 Å². The third-order valence-corrected chi connectivity index (χ3v) is 6.14. The van der Waals surface area contributed by atoms with Gasteiger partial charge in [0, 0.05) is 71.4 Å². The topological polar surface area (TPSA) is 95.8 Å². The van der Waals surface area contributed by atoms with Crippen LogP contribution in [-0.2, 0) is 4.79 Å². The van der Waals surface area contributed by atoms with Crippen LogP contribution >= 0.6 is 23.2 Å². The highest BCUT2D eigenvalue weighted by Crippen LogP contribution is 2.23. The number of hydrogen-bond acceptors (Lipinski definition) is 5. The average Bonchev–Trinajstić information content (AvgIpc) is 2.87. The van der Waals surface area contributed by atoms with Crippen LogP contribution in [0.1, 0.15) is 15.9 Å². The van der Waals surface area contributed by atoms with Crippen molar-refractivity contribution in [3.63, 3.8) is 0 Å². The van der Waals surface area contributed by atoms with Crippen molar-refractivity contribution < 1.29 is 14.5 Å². The quantitative estimate of drug-likeness (QED) is 0.260. The number of hydrogen-bond donors (Lipinski definition) is 1. The molecule has 0 saturated carbocycles. The Kier molecular flexibility index (Phi) is 7.87. The zero-order chi connectivity index (χ0) is 25.7. The Hall–Kier alpha value is -3.88. The summed E-state index contributed by atoms with van der Waals surface area (Å²) >= 11 is 12.1. The van der Waals surface area contributed by atoms with Gasteiger partial charge in [-0.2, -0.15) is 0 Å². The lowest BCUT2D eigenvalue weighted by Gasteiger charge is -2.36. The van der Waals surface area contributed by atoms with E-state index in [0.717, 1.165) is 5.69 Å². The Morgan fingerprint density at radius 1 is 0.889 bits per heavy atom. The molecule has 1 heterocycles. The molecule has 2 amide bonds. The van der Waals surface area contributed by atoms with E-state index in [1.54, 1.807) is 41.3 Å². The highest BCUT2D eigenvalue weighted by molar-refractivity contribution is 6.35. The van der Waals surface area contributed by atoms with Gasteiger partial charge in [0.1, 0.15) is 0 Å². The number of carbonyl (C=O) groups is 2. The molecule has 0 unspecified atom stereocenters. The van der Waals surface area contributed by atoms with Gasteiger partial charge >= 0.3 is 0 Å². The largest absolute Gasteiger partial charge is 0.368 e. The summed E-state index contributed by atoms with van der Waals surface area (Å²) in [6, 6.07) is 18.2. The fourth-order valence-corrected chi connectivity index (χ4v) is 4.37. The van der Waals surface area contributed by atoms with E-state index >= 15 is 0 Å². The van der Waals surface area contributed by atoms with Crippen LogP contribution in [0.3, 0.4) is 0 Å². The molecule has 3 aromatic carbocycles. The molecular weight excluding hydrogens is 503 g/mol. The fourth-order valence-electron chi connectivity index (χ4n) is 3.85. The number of nitro benzene ring substituents is 1. The molecule has 1 aliphatic rings. The van der Waals surface area contributed by atoms with Crippen LogP contribution in [-0.4, -0.2) is 47.8 Å². The van der Waals surface area contributed by atoms with Gasteiger partial charge in [-0.05, 0) is 66.2 Å². The maximum atomic E-state index is 12.8. The summed E-state index contributed by atoms with van der Waals surface area (Å²) in [7, 11) is 0. The molecule has 1 aliphatic heterocycles. The molecule has 8 nitrogen and oxygen atoms in total. The Morgan fingerprint density at radius 3 is 2.08 bits per heavy atom. The van der Waals surface area contributed by atoms with Crippen LogP contribution in [0.5, 0.6) is 0 Å². The second kappa shape index (κ2) is 11.2. The van der Waals surface area contributed by atoms with Gasteiger partial charge in [0.2, 0.25) is 5.91 Å². The SMILES string of the molecule is O=C(/C=C/c1ccc([N+](=O)[O-])cc1)Nc1ccc(N2CCN(C(=O)c3cc(Cl)cc(Cl)c3)CC2)cc1. The predicted molar refractivity (Wildman–Crippen MR) is 142 cm³/mol. The van der Waals surface area contributed by atoms with Gasteiger partial charge in [0.15, 0.2) is 0 Å². The Labute approximate surface area is 217 Å². The minimum atomic E-state index is -0.471. The number of halogens is 2. The predicted octanol–water partition coefficient (Wildman–Crippen LogP) is 5.52. The fraction of sp³-hybridized carbons (Fsp3) is 0.154. The number of amides is 2. The summed E-state index contributed by atoms with van der Waals surface area (Å²) in [5, 5.41) is 14.4. The van der Waals surface area contributed by atoms with E-state index in [9.17, 15) is 19.7 Å². The number of anilines is 2. The summed E-state index contributed by atoms with van der Waals surface area (Å²) in [5.74, 6) is -0.409. The molecule has 10 heteroatoms. The van der Waals surface area contributed by atoms with E-state index in [0.29, 0.717) is 53.0 Å². The lowest BCUT2D eigenvalue weighted by molar-refractivity contribution is -0.384. The summed E-state index contributed by atoms with van der Waals surface area (Å²) in [6.45, 7) is 2.47. The standard InChI is InChI=1S/C26H22Cl2N4O4/c27-20-15-19(16-21(28)17-20)26(34)31-13-11-30(12-14-31)23-8-4-22(5-9-23)29-25(33)10-3-18-1-6-24(7-2-18)32(35)36/h1-10,15-17H,11-14H2,(H,29,33)/b10-3+. The van der Waals surface area contributed by atoms with Crippen molar-refractivity contribution >= 4 is 58.2 Å². The van der Waals surface area contributed by atoms with Gasteiger partial charge < -0.3 is 15.1 Å². The van der Waals surface area contributed by atoms with E-state index in [-0.39, 0.29) is 17.5 Å². The van der Waals surface area contributed by atoms with E-state index in [4.69, 9.17) is 23.2 Å². The first-order valence-electron chi connectivity index (χ1n) is 11.1. The Bertz CT molecular complexity index is 1280. The van der Waals surface area contributed by atoms with Gasteiger partial charge in [-0.15, -0.1) is 0 Å². The first kappa shape index (κ1) is 25.2. The second-order valence-corrected chi connectivity index (χ2v) is 9.03. The maximum Gasteiger partial charge on any atom is 0.269 e. The van der Waals surface area contributed by atoms with Crippen molar-refractivity contribution in [3.05, 3.63) is 104 Å². The average molecular weight is 525 g/mol. The number of non-ortho nitro benzene ring substituents is 1. The van der Waals surface area contributed by atoms with Crippen LogP contribution in [0, 0.1) is 10.1 Å². The molecule has 0 atom stereocenters. The van der Waals surface area contributed by atoms with Crippen molar-refractivity contribution in [2.75, 3.05) is 36.4 Å². The molecule has 0 bridgehead atoms. The molecule has 36 heavy (non-hydrogen) atoms. The smallest absolute Gasteiger partial charge is 0.269 e. The molecule has 1 saturated heterocycles. The summed E-state index contributed by atoms with van der Waals surface area (Å²) in [5.41, 5.74) is 2.79. The number of benzene rings is 3. The first-order chi connectivity index (χ1) is 17.3. The van der Waals surface area contributed by atoms with Gasteiger partial charge in [-0.25, -0.2) is 0 Å². The normalized spacial score (nSPS) is 13.6. The van der Waals surface area contributed by atoms with Gasteiger partial charge in [0.25, 0.3) is 11.6 Å². The monoisotopic (exact) mass is 524 g/mol. The molecule has 184 valence electrons. The lowest BCUT2D eigenvalue weighted by atomic mass is 10.1. The van der Waals surface area contributed by atoms with Crippen LogP contribution in [0.15, 0.2) is 72.8 Å². The first-order valence-corrected chi connectivity index (χ1v) is 11.9. The van der Waals surface area contributed by atoms with Gasteiger partial charge in [0.05, 0.1) is 4.92 Å². The molecule has 0 spiro atoms. The van der Waals surface area contributed by atoms with E-state index in [1.165, 1.54) is 18.2 Å². The molecule has 1 fully saturated rings. The third-order valence-electron chi connectivity index (χ3n) is 5.71. The highest BCUT2D eigenvalue weighted by Gasteiger charge is 2.23. The molecule has 1 N–H and O–H groups in total.